The van der Waals surface area contributed by atoms with E-state index >= 15 is 0 Å². The van der Waals surface area contributed by atoms with Crippen LogP contribution in [-0.4, -0.2) is 39.5 Å². The number of hydrogen-bond donors (Lipinski definition) is 2. The fourth-order valence-corrected chi connectivity index (χ4v) is 3.37. The molecule has 1 unspecified atom stereocenters. The summed E-state index contributed by atoms with van der Waals surface area (Å²) in [5.74, 6) is 1.90. The third-order valence-corrected chi connectivity index (χ3v) is 5.30. The maximum absolute atomic E-state index is 12.1. The lowest BCUT2D eigenvalue weighted by atomic mass is 10.0. The monoisotopic (exact) mass is 404 g/mol. The van der Waals surface area contributed by atoms with Gasteiger partial charge in [-0.25, -0.2) is 9.78 Å². The second kappa shape index (κ2) is 10.9. The molecule has 0 radical (unpaired) electrons. The zero-order valence-electron chi connectivity index (χ0n) is 16.6. The summed E-state index contributed by atoms with van der Waals surface area (Å²) in [7, 11) is 0. The molecule has 28 heavy (non-hydrogen) atoms. The minimum absolute atomic E-state index is 0.136. The van der Waals surface area contributed by atoms with Crippen molar-refractivity contribution in [2.24, 2.45) is 0 Å². The van der Waals surface area contributed by atoms with E-state index in [4.69, 9.17) is 4.42 Å². The van der Waals surface area contributed by atoms with Crippen molar-refractivity contribution in [1.29, 1.82) is 0 Å². The Labute approximate surface area is 170 Å². The fourth-order valence-electron chi connectivity index (χ4n) is 2.68. The van der Waals surface area contributed by atoms with Gasteiger partial charge in [0.15, 0.2) is 11.7 Å². The largest absolute Gasteiger partial charge is 0.480 e. The van der Waals surface area contributed by atoms with Crippen molar-refractivity contribution < 1.29 is 19.1 Å². The van der Waals surface area contributed by atoms with Gasteiger partial charge in [0.25, 0.3) is 0 Å². The van der Waals surface area contributed by atoms with Crippen molar-refractivity contribution in [2.45, 2.75) is 52.0 Å². The van der Waals surface area contributed by atoms with E-state index in [1.54, 1.807) is 18.0 Å². The predicted octanol–water partition coefficient (Wildman–Crippen LogP) is 4.11. The number of thioether (sulfide) groups is 1. The smallest absolute Gasteiger partial charge is 0.326 e. The highest BCUT2D eigenvalue weighted by Crippen LogP contribution is 2.23. The van der Waals surface area contributed by atoms with E-state index in [9.17, 15) is 14.7 Å². The van der Waals surface area contributed by atoms with E-state index in [0.717, 1.165) is 11.3 Å². The number of aryl methyl sites for hydroxylation is 1. The minimum atomic E-state index is -1.01. The lowest BCUT2D eigenvalue weighted by molar-refractivity contribution is -0.141. The third-order valence-electron chi connectivity index (χ3n) is 4.37. The van der Waals surface area contributed by atoms with E-state index in [-0.39, 0.29) is 12.3 Å². The fraction of sp³-hybridized carbons (Fsp3) is 0.476. The molecule has 7 heteroatoms. The van der Waals surface area contributed by atoms with Crippen LogP contribution >= 0.6 is 11.8 Å². The van der Waals surface area contributed by atoms with Crippen LogP contribution < -0.4 is 5.32 Å². The number of benzene rings is 1. The van der Waals surface area contributed by atoms with Gasteiger partial charge in [-0.3, -0.25) is 4.79 Å². The van der Waals surface area contributed by atoms with Crippen molar-refractivity contribution >= 4 is 23.6 Å². The van der Waals surface area contributed by atoms with E-state index in [1.165, 1.54) is 5.56 Å². The molecule has 0 aliphatic heterocycles. The topological polar surface area (TPSA) is 92.4 Å². The van der Waals surface area contributed by atoms with Crippen LogP contribution in [0, 0.1) is 0 Å². The maximum atomic E-state index is 12.1. The first-order chi connectivity index (χ1) is 13.4. The first kappa shape index (κ1) is 22.0. The van der Waals surface area contributed by atoms with Gasteiger partial charge in [-0.1, -0.05) is 45.0 Å². The summed E-state index contributed by atoms with van der Waals surface area (Å²) in [5, 5.41) is 11.8. The average Bonchev–Trinajstić information content (AvgIpc) is 3.14. The Morgan fingerprint density at radius 1 is 1.25 bits per heavy atom. The Morgan fingerprint density at radius 3 is 2.57 bits per heavy atom. The van der Waals surface area contributed by atoms with Gasteiger partial charge in [0.1, 0.15) is 6.04 Å². The summed E-state index contributed by atoms with van der Waals surface area (Å²) in [4.78, 5) is 27.6. The number of carboxylic acids is 1. The number of carbonyl (C=O) groups is 2. The number of oxazole rings is 1. The molecule has 1 aromatic carbocycles. The first-order valence-corrected chi connectivity index (χ1v) is 10.7. The van der Waals surface area contributed by atoms with Crippen LogP contribution in [-0.2, 0) is 16.0 Å². The summed E-state index contributed by atoms with van der Waals surface area (Å²) in [6.07, 6.45) is 2.53. The van der Waals surface area contributed by atoms with E-state index < -0.39 is 12.0 Å². The van der Waals surface area contributed by atoms with Crippen LogP contribution in [0.2, 0.25) is 0 Å². The van der Waals surface area contributed by atoms with Crippen LogP contribution in [0.15, 0.2) is 34.9 Å². The molecule has 6 nitrogen and oxygen atoms in total. The third kappa shape index (κ3) is 6.71. The van der Waals surface area contributed by atoms with Crippen LogP contribution in [0.5, 0.6) is 0 Å². The number of carbonyl (C=O) groups excluding carboxylic acids is 1. The average molecular weight is 405 g/mol. The molecule has 0 saturated carbocycles. The SMILES string of the molecule is CCSCCC(NC(=O)CCc1ncc(-c2ccc(C(C)C)cc2)o1)C(=O)O. The van der Waals surface area contributed by atoms with E-state index in [1.807, 2.05) is 19.1 Å². The highest BCUT2D eigenvalue weighted by atomic mass is 32.2. The molecule has 2 aromatic rings. The standard InChI is InChI=1S/C21H28N2O4S/c1-4-28-12-11-17(21(25)26)23-19(24)9-10-20-22-13-18(27-20)16-7-5-15(6-8-16)14(2)3/h5-8,13-14,17H,4,9-12H2,1-3H3,(H,23,24)(H,25,26). The molecular formula is C21H28N2O4S. The van der Waals surface area contributed by atoms with E-state index in [2.05, 4.69) is 36.3 Å². The molecule has 2 N–H and O–H groups in total. The Morgan fingerprint density at radius 2 is 1.96 bits per heavy atom. The number of nitrogens with one attached hydrogen (secondary N) is 1. The molecule has 1 amide bonds. The van der Waals surface area contributed by atoms with Gasteiger partial charge in [0.2, 0.25) is 5.91 Å². The Bertz CT molecular complexity index is 771. The van der Waals surface area contributed by atoms with Crippen LogP contribution in [0.4, 0.5) is 0 Å². The van der Waals surface area contributed by atoms with Crippen LogP contribution in [0.1, 0.15) is 51.0 Å². The summed E-state index contributed by atoms with van der Waals surface area (Å²) in [5.41, 5.74) is 2.19. The van der Waals surface area contributed by atoms with Gasteiger partial charge in [-0.05, 0) is 29.4 Å². The van der Waals surface area contributed by atoms with E-state index in [0.29, 0.717) is 36.2 Å². The van der Waals surface area contributed by atoms with Gasteiger partial charge in [-0.15, -0.1) is 0 Å². The van der Waals surface area contributed by atoms with Gasteiger partial charge >= 0.3 is 5.97 Å². The summed E-state index contributed by atoms with van der Waals surface area (Å²) in [6.45, 7) is 6.30. The molecule has 2 rings (SSSR count). The second-order valence-corrected chi connectivity index (χ2v) is 8.23. The summed E-state index contributed by atoms with van der Waals surface area (Å²) in [6, 6.07) is 7.28. The van der Waals surface area contributed by atoms with Gasteiger partial charge in [0, 0.05) is 18.4 Å². The lowest BCUT2D eigenvalue weighted by Gasteiger charge is -2.13. The Kier molecular flexibility index (Phi) is 8.57. The second-order valence-electron chi connectivity index (χ2n) is 6.84. The summed E-state index contributed by atoms with van der Waals surface area (Å²) >= 11 is 1.65. The molecule has 0 spiro atoms. The number of carboxylic acid groups (broad SMARTS) is 1. The van der Waals surface area contributed by atoms with Crippen molar-refractivity contribution in [3.05, 3.63) is 41.9 Å². The minimum Gasteiger partial charge on any atom is -0.480 e. The molecule has 0 aliphatic rings. The predicted molar refractivity (Wildman–Crippen MR) is 112 cm³/mol. The number of aromatic nitrogens is 1. The number of amides is 1. The maximum Gasteiger partial charge on any atom is 0.326 e. The van der Waals surface area contributed by atoms with Crippen LogP contribution in [0.25, 0.3) is 11.3 Å². The molecule has 152 valence electrons. The first-order valence-electron chi connectivity index (χ1n) is 9.55. The van der Waals surface area contributed by atoms with Crippen molar-refractivity contribution in [1.82, 2.24) is 10.3 Å². The van der Waals surface area contributed by atoms with Crippen molar-refractivity contribution in [3.63, 3.8) is 0 Å². The van der Waals surface area contributed by atoms with Crippen molar-refractivity contribution in [2.75, 3.05) is 11.5 Å². The normalized spacial score (nSPS) is 12.1. The summed E-state index contributed by atoms with van der Waals surface area (Å²) < 4.78 is 5.74. The molecule has 0 fully saturated rings. The lowest BCUT2D eigenvalue weighted by Crippen LogP contribution is -2.41. The molecular weight excluding hydrogens is 376 g/mol. The van der Waals surface area contributed by atoms with Crippen molar-refractivity contribution in [3.8, 4) is 11.3 Å². The zero-order valence-corrected chi connectivity index (χ0v) is 17.4. The van der Waals surface area contributed by atoms with Gasteiger partial charge < -0.3 is 14.8 Å². The Balaban J connectivity index is 1.87. The molecule has 0 saturated heterocycles. The molecule has 1 heterocycles. The van der Waals surface area contributed by atoms with Crippen LogP contribution in [0.3, 0.4) is 0 Å². The quantitative estimate of drug-likeness (QED) is 0.548. The highest BCUT2D eigenvalue weighted by Gasteiger charge is 2.19. The number of hydrogen-bond acceptors (Lipinski definition) is 5. The molecule has 0 aliphatic carbocycles. The zero-order chi connectivity index (χ0) is 20.5. The van der Waals surface area contributed by atoms with Gasteiger partial charge in [0.05, 0.1) is 6.20 Å². The Hall–Kier alpha value is -2.28. The molecule has 1 atom stereocenters. The molecule has 1 aromatic heterocycles. The molecule has 0 bridgehead atoms. The number of rotatable bonds is 11. The number of nitrogens with zero attached hydrogens (tertiary/aromatic N) is 1. The van der Waals surface area contributed by atoms with Gasteiger partial charge in [-0.2, -0.15) is 11.8 Å². The highest BCUT2D eigenvalue weighted by molar-refractivity contribution is 7.99. The number of aliphatic carboxylic acids is 1.